The highest BCUT2D eigenvalue weighted by Crippen LogP contribution is 1.98. The molecule has 2 N–H and O–H groups in total. The maximum Gasteiger partial charge on any atom is 0.281 e. The van der Waals surface area contributed by atoms with Crippen LogP contribution in [0.25, 0.3) is 0 Å². The third-order valence-electron chi connectivity index (χ3n) is 3.44. The van der Waals surface area contributed by atoms with E-state index in [-0.39, 0.29) is 5.91 Å². The van der Waals surface area contributed by atoms with Gasteiger partial charge in [0.15, 0.2) is 5.54 Å². The highest BCUT2D eigenvalue weighted by atomic mass is 16.4. The Morgan fingerprint density at radius 1 is 1.35 bits per heavy atom. The molecule has 6 heteroatoms. The molecule has 0 aromatic heterocycles. The Labute approximate surface area is 102 Å². The topological polar surface area (TPSA) is 76.9 Å². The van der Waals surface area contributed by atoms with Gasteiger partial charge in [-0.3, -0.25) is 9.69 Å². The van der Waals surface area contributed by atoms with Gasteiger partial charge in [-0.15, -0.1) is 0 Å². The molecule has 0 aromatic carbocycles. The third-order valence-corrected chi connectivity index (χ3v) is 3.44. The molecule has 1 heterocycles. The number of carbonyl (C=O) groups excluding carboxylic acids is 2. The summed E-state index contributed by atoms with van der Waals surface area (Å²) < 4.78 is 0. The Morgan fingerprint density at radius 2 is 1.88 bits per heavy atom. The van der Waals surface area contributed by atoms with Crippen molar-refractivity contribution in [2.24, 2.45) is 0 Å². The predicted molar refractivity (Wildman–Crippen MR) is 60.3 cm³/mol. The summed E-state index contributed by atoms with van der Waals surface area (Å²) in [6.07, 6.45) is 0. The van der Waals surface area contributed by atoms with Crippen LogP contribution in [0.1, 0.15) is 13.8 Å². The molecule has 1 amide bonds. The fraction of sp³-hybridized carbons (Fsp3) is 0.818. The number of aliphatic carboxylic acids is 1. The second kappa shape index (κ2) is 5.46. The number of nitrogens with one attached hydrogen (secondary N) is 2. The zero-order valence-corrected chi connectivity index (χ0v) is 10.7. The van der Waals surface area contributed by atoms with Gasteiger partial charge in [0.25, 0.3) is 5.91 Å². The first-order valence-electron chi connectivity index (χ1n) is 5.86. The van der Waals surface area contributed by atoms with Crippen LogP contribution >= 0.6 is 0 Å². The van der Waals surface area contributed by atoms with Crippen molar-refractivity contribution in [2.75, 3.05) is 39.8 Å². The number of nitrogens with zero attached hydrogens (tertiary/aromatic N) is 1. The number of carboxylic acid groups (broad SMARTS) is 1. The summed E-state index contributed by atoms with van der Waals surface area (Å²) in [4.78, 5) is 25.6. The Hall–Kier alpha value is -1.14. The number of hydrogen-bond donors (Lipinski definition) is 2. The minimum atomic E-state index is -1.26. The van der Waals surface area contributed by atoms with Gasteiger partial charge in [0.1, 0.15) is 0 Å². The van der Waals surface area contributed by atoms with E-state index in [0.717, 1.165) is 26.2 Å². The van der Waals surface area contributed by atoms with E-state index in [1.165, 1.54) is 4.90 Å². The van der Waals surface area contributed by atoms with E-state index in [2.05, 4.69) is 17.3 Å². The average Bonchev–Trinajstić information content (AvgIpc) is 2.26. The van der Waals surface area contributed by atoms with Crippen LogP contribution in [0.4, 0.5) is 0 Å². The predicted octanol–water partition coefficient (Wildman–Crippen LogP) is -3.54. The number of amides is 1. The molecule has 1 aliphatic heterocycles. The first-order valence-corrected chi connectivity index (χ1v) is 5.86. The normalized spacial score (nSPS) is 19.0. The van der Waals surface area contributed by atoms with Gasteiger partial charge in [-0.1, -0.05) is 0 Å². The smallest absolute Gasteiger partial charge is 0.281 e. The van der Waals surface area contributed by atoms with Gasteiger partial charge >= 0.3 is 0 Å². The van der Waals surface area contributed by atoms with Crippen LogP contribution in [0.5, 0.6) is 0 Å². The molecule has 0 radical (unpaired) electrons. The number of rotatable bonds is 4. The van der Waals surface area contributed by atoms with Crippen molar-refractivity contribution in [3.63, 3.8) is 0 Å². The van der Waals surface area contributed by atoms with Gasteiger partial charge in [-0.05, 0) is 20.9 Å². The summed E-state index contributed by atoms with van der Waals surface area (Å²) in [5.74, 6) is -1.50. The molecule has 0 spiro atoms. The molecule has 0 bridgehead atoms. The van der Waals surface area contributed by atoms with E-state index in [0.29, 0.717) is 0 Å². The second-order valence-electron chi connectivity index (χ2n) is 5.09. The Bertz CT molecular complexity index is 296. The van der Waals surface area contributed by atoms with Crippen LogP contribution in [0.2, 0.25) is 0 Å². The van der Waals surface area contributed by atoms with E-state index < -0.39 is 18.1 Å². The van der Waals surface area contributed by atoms with Gasteiger partial charge in [0, 0.05) is 13.1 Å². The molecule has 1 rings (SSSR count). The number of piperazine rings is 1. The van der Waals surface area contributed by atoms with E-state index >= 15 is 0 Å². The van der Waals surface area contributed by atoms with E-state index in [4.69, 9.17) is 0 Å². The summed E-state index contributed by atoms with van der Waals surface area (Å²) in [6.45, 7) is 6.95. The summed E-state index contributed by atoms with van der Waals surface area (Å²) in [7, 11) is 2.06. The number of quaternary nitrogens is 1. The highest BCUT2D eigenvalue weighted by molar-refractivity contribution is 5.86. The van der Waals surface area contributed by atoms with Crippen molar-refractivity contribution in [3.05, 3.63) is 0 Å². The maximum atomic E-state index is 11.9. The number of carbonyl (C=O) groups is 2. The van der Waals surface area contributed by atoms with Crippen molar-refractivity contribution < 1.29 is 19.6 Å². The number of hydrogen-bond acceptors (Lipinski definition) is 4. The average molecular weight is 243 g/mol. The lowest BCUT2D eigenvalue weighted by Crippen LogP contribution is -3.23. The third kappa shape index (κ3) is 3.67. The molecular weight excluding hydrogens is 222 g/mol. The molecule has 0 aliphatic carbocycles. The summed E-state index contributed by atoms with van der Waals surface area (Å²) in [6, 6.07) is 0. The van der Waals surface area contributed by atoms with Crippen LogP contribution in [-0.4, -0.2) is 62.1 Å². The van der Waals surface area contributed by atoms with Crippen LogP contribution in [0.15, 0.2) is 0 Å². The molecule has 1 aliphatic rings. The Balaban J connectivity index is 2.54. The van der Waals surface area contributed by atoms with E-state index in [9.17, 15) is 14.7 Å². The zero-order chi connectivity index (χ0) is 13.1. The molecule has 0 saturated carbocycles. The van der Waals surface area contributed by atoms with Crippen molar-refractivity contribution in [2.45, 2.75) is 19.4 Å². The Morgan fingerprint density at radius 3 is 2.35 bits per heavy atom. The fourth-order valence-electron chi connectivity index (χ4n) is 2.05. The second-order valence-corrected chi connectivity index (χ2v) is 5.09. The van der Waals surface area contributed by atoms with Crippen molar-refractivity contribution >= 4 is 11.9 Å². The summed E-state index contributed by atoms with van der Waals surface area (Å²) in [5, 5.41) is 12.7. The standard InChI is InChI=1S/C11H21N3O3/c1-11(2,10(17)12-8-9(15)16)14-6-4-13(3)5-7-14/h4-8H2,1-3H3,(H,12,17)(H,15,16). The minimum absolute atomic E-state index is 0.235. The molecule has 1 fully saturated rings. The molecule has 0 aromatic rings. The van der Waals surface area contributed by atoms with Crippen LogP contribution in [0.3, 0.4) is 0 Å². The van der Waals surface area contributed by atoms with Crippen LogP contribution < -0.4 is 15.3 Å². The van der Waals surface area contributed by atoms with E-state index in [1.807, 2.05) is 13.8 Å². The first kappa shape index (κ1) is 13.9. The van der Waals surface area contributed by atoms with Gasteiger partial charge < -0.3 is 20.1 Å². The molecule has 0 atom stereocenters. The first-order chi connectivity index (χ1) is 7.84. The monoisotopic (exact) mass is 243 g/mol. The molecule has 17 heavy (non-hydrogen) atoms. The van der Waals surface area contributed by atoms with Crippen LogP contribution in [-0.2, 0) is 9.59 Å². The lowest BCUT2D eigenvalue weighted by Gasteiger charge is -2.39. The number of likely N-dealkylation sites (N-methyl/N-ethyl adjacent to an activating group) is 1. The summed E-state index contributed by atoms with van der Waals surface area (Å²) >= 11 is 0. The fourth-order valence-corrected chi connectivity index (χ4v) is 2.05. The van der Waals surface area contributed by atoms with Crippen molar-refractivity contribution in [3.8, 4) is 0 Å². The van der Waals surface area contributed by atoms with Gasteiger partial charge in [-0.25, -0.2) is 0 Å². The number of carboxylic acids is 1. The largest absolute Gasteiger partial charge is 0.548 e. The molecule has 98 valence electrons. The van der Waals surface area contributed by atoms with Gasteiger partial charge in [0.05, 0.1) is 25.6 Å². The lowest BCUT2D eigenvalue weighted by atomic mass is 10.0. The lowest BCUT2D eigenvalue weighted by molar-refractivity contribution is -0.942. The van der Waals surface area contributed by atoms with Crippen molar-refractivity contribution in [1.29, 1.82) is 0 Å². The van der Waals surface area contributed by atoms with Gasteiger partial charge in [-0.2, -0.15) is 0 Å². The molecular formula is C11H21N3O3. The molecule has 6 nitrogen and oxygen atoms in total. The SMILES string of the molecule is CN1CC[NH+](C(C)(C)C(=O)NCC(=O)[O-])CC1. The maximum absolute atomic E-state index is 11.9. The van der Waals surface area contributed by atoms with Crippen molar-refractivity contribution in [1.82, 2.24) is 10.2 Å². The van der Waals surface area contributed by atoms with Crippen LogP contribution in [0, 0.1) is 0 Å². The Kier molecular flexibility index (Phi) is 4.47. The van der Waals surface area contributed by atoms with Gasteiger partial charge in [0.2, 0.25) is 0 Å². The summed E-state index contributed by atoms with van der Waals surface area (Å²) in [5.41, 5.74) is -0.600. The zero-order valence-electron chi connectivity index (χ0n) is 10.7. The molecule has 1 saturated heterocycles. The molecule has 0 unspecified atom stereocenters. The minimum Gasteiger partial charge on any atom is -0.548 e. The highest BCUT2D eigenvalue weighted by Gasteiger charge is 2.39. The van der Waals surface area contributed by atoms with E-state index in [1.54, 1.807) is 0 Å². The quantitative estimate of drug-likeness (QED) is 0.536.